The molecule has 7 rings (SSSR count). The minimum absolute atomic E-state index is 0.121. The second-order valence-electron chi connectivity index (χ2n) is 10.8. The smallest absolute Gasteiger partial charge is 0.253 e. The number of benzene rings is 2. The highest BCUT2D eigenvalue weighted by Gasteiger charge is 2.46. The highest BCUT2D eigenvalue weighted by Crippen LogP contribution is 2.57. The van der Waals surface area contributed by atoms with E-state index in [1.165, 1.54) is 30.9 Å². The Morgan fingerprint density at radius 3 is 2.71 bits per heavy atom. The van der Waals surface area contributed by atoms with E-state index < -0.39 is 0 Å². The van der Waals surface area contributed by atoms with E-state index in [-0.39, 0.29) is 11.7 Å². The summed E-state index contributed by atoms with van der Waals surface area (Å²) in [6, 6.07) is 12.9. The second kappa shape index (κ2) is 8.14. The first-order valence-corrected chi connectivity index (χ1v) is 12.9. The third-order valence-corrected chi connectivity index (χ3v) is 8.81. The summed E-state index contributed by atoms with van der Waals surface area (Å²) >= 11 is 0. The molecule has 4 unspecified atom stereocenters. The van der Waals surface area contributed by atoms with E-state index >= 15 is 0 Å². The number of hydrogen-bond donors (Lipinski definition) is 1. The number of carbonyl (C=O) groups is 1. The van der Waals surface area contributed by atoms with Gasteiger partial charge in [-0.05, 0) is 104 Å². The fourth-order valence-electron chi connectivity index (χ4n) is 6.93. The Balaban J connectivity index is 1.03. The van der Waals surface area contributed by atoms with Crippen molar-refractivity contribution in [2.45, 2.75) is 44.4 Å². The van der Waals surface area contributed by atoms with E-state index in [4.69, 9.17) is 4.98 Å². The number of aromatic amines is 1. The van der Waals surface area contributed by atoms with Crippen LogP contribution in [0.25, 0.3) is 21.9 Å². The Morgan fingerprint density at radius 2 is 1.91 bits per heavy atom. The van der Waals surface area contributed by atoms with Gasteiger partial charge >= 0.3 is 0 Å². The lowest BCUT2D eigenvalue weighted by Gasteiger charge is -2.30. The van der Waals surface area contributed by atoms with Crippen LogP contribution in [0.15, 0.2) is 48.7 Å². The van der Waals surface area contributed by atoms with Crippen molar-refractivity contribution in [1.29, 1.82) is 0 Å². The molecule has 35 heavy (non-hydrogen) atoms. The predicted molar refractivity (Wildman–Crippen MR) is 134 cm³/mol. The Kier molecular flexibility index (Phi) is 4.90. The molecular weight excluding hydrogens is 439 g/mol. The molecule has 6 heteroatoms. The van der Waals surface area contributed by atoms with Crippen molar-refractivity contribution in [2.75, 3.05) is 13.1 Å². The van der Waals surface area contributed by atoms with Gasteiger partial charge in [0.2, 0.25) is 0 Å². The van der Waals surface area contributed by atoms with Crippen LogP contribution >= 0.6 is 0 Å². The largest absolute Gasteiger partial charge is 0.342 e. The summed E-state index contributed by atoms with van der Waals surface area (Å²) in [5.41, 5.74) is 4.81. The Labute approximate surface area is 203 Å². The molecule has 1 N–H and O–H groups in total. The molecule has 1 aliphatic heterocycles. The number of hydrogen-bond acceptors (Lipinski definition) is 3. The maximum absolute atomic E-state index is 14.0. The van der Waals surface area contributed by atoms with Gasteiger partial charge in [-0.1, -0.05) is 0 Å². The van der Waals surface area contributed by atoms with Gasteiger partial charge in [-0.2, -0.15) is 0 Å². The second-order valence-corrected chi connectivity index (χ2v) is 10.8. The van der Waals surface area contributed by atoms with Crippen LogP contribution in [0.5, 0.6) is 0 Å². The fourth-order valence-corrected chi connectivity index (χ4v) is 6.93. The van der Waals surface area contributed by atoms with Crippen LogP contribution in [0.2, 0.25) is 0 Å². The Hall–Kier alpha value is -3.28. The molecule has 1 amide bonds. The van der Waals surface area contributed by atoms with Crippen LogP contribution in [-0.4, -0.2) is 38.8 Å². The summed E-state index contributed by atoms with van der Waals surface area (Å²) in [5.74, 6) is 3.58. The zero-order valence-electron chi connectivity index (χ0n) is 19.7. The first-order valence-electron chi connectivity index (χ1n) is 12.9. The molecule has 2 aromatic carbocycles. The first kappa shape index (κ1) is 21.0. The molecule has 4 atom stereocenters. The number of rotatable bonds is 5. The monoisotopic (exact) mass is 468 g/mol. The molecular formula is C29H29FN4O. The molecule has 3 fully saturated rings. The third kappa shape index (κ3) is 3.62. The van der Waals surface area contributed by atoms with E-state index in [9.17, 15) is 9.18 Å². The van der Waals surface area contributed by atoms with Gasteiger partial charge in [0.1, 0.15) is 11.6 Å². The normalized spacial score (nSPS) is 25.5. The summed E-state index contributed by atoms with van der Waals surface area (Å²) in [6.07, 6.45) is 8.75. The number of amides is 1. The molecule has 3 aliphatic rings. The SMILES string of the molecule is O=C(c1ccc2nc(CCC3CC4CC3CC4c3ccnc4ccc(F)cc34)[nH]c2c1)N1CCC1. The molecule has 2 aliphatic carbocycles. The van der Waals surface area contributed by atoms with Crippen molar-refractivity contribution < 1.29 is 9.18 Å². The van der Waals surface area contributed by atoms with Crippen molar-refractivity contribution in [1.82, 2.24) is 19.9 Å². The minimum atomic E-state index is -0.185. The van der Waals surface area contributed by atoms with Gasteiger partial charge in [0.25, 0.3) is 5.91 Å². The lowest BCUT2D eigenvalue weighted by molar-refractivity contribution is 0.0652. The number of likely N-dealkylation sites (tertiary alicyclic amines) is 1. The fraction of sp³-hybridized carbons (Fsp3) is 0.414. The molecule has 5 nitrogen and oxygen atoms in total. The molecule has 1 saturated heterocycles. The van der Waals surface area contributed by atoms with Crippen molar-refractivity contribution in [2.24, 2.45) is 17.8 Å². The Morgan fingerprint density at radius 1 is 1.03 bits per heavy atom. The van der Waals surface area contributed by atoms with Gasteiger partial charge < -0.3 is 9.88 Å². The number of aryl methyl sites for hydroxylation is 1. The molecule has 4 aromatic rings. The van der Waals surface area contributed by atoms with Crippen LogP contribution < -0.4 is 0 Å². The van der Waals surface area contributed by atoms with Gasteiger partial charge in [0, 0.05) is 36.7 Å². The standard InChI is InChI=1S/C29H29FN4O/c30-21-4-6-25-24(16-21)22(8-9-31-25)23-14-19-13-20(23)12-17(19)3-7-28-32-26-5-2-18(15-27(26)33-28)29(35)34-10-1-11-34/h2,4-6,8-9,15-17,19-20,23H,1,3,7,10-14H2,(H,32,33). The average molecular weight is 469 g/mol. The third-order valence-electron chi connectivity index (χ3n) is 8.81. The number of aromatic nitrogens is 3. The summed E-state index contributed by atoms with van der Waals surface area (Å²) < 4.78 is 14.0. The van der Waals surface area contributed by atoms with E-state index in [2.05, 4.69) is 16.0 Å². The number of imidazole rings is 1. The predicted octanol–water partition coefficient (Wildman–Crippen LogP) is 5.86. The number of nitrogens with zero attached hydrogens (tertiary/aromatic N) is 3. The summed E-state index contributed by atoms with van der Waals surface area (Å²) in [5, 5.41) is 0.982. The maximum Gasteiger partial charge on any atom is 0.253 e. The van der Waals surface area contributed by atoms with Crippen LogP contribution in [0, 0.1) is 23.6 Å². The topological polar surface area (TPSA) is 61.9 Å². The lowest BCUT2D eigenvalue weighted by atomic mass is 9.76. The molecule has 2 aromatic heterocycles. The van der Waals surface area contributed by atoms with E-state index in [1.54, 1.807) is 12.1 Å². The number of nitrogens with one attached hydrogen (secondary N) is 1. The maximum atomic E-state index is 14.0. The summed E-state index contributed by atoms with van der Waals surface area (Å²) in [4.78, 5) is 27.1. The molecule has 0 spiro atoms. The Bertz CT molecular complexity index is 1440. The van der Waals surface area contributed by atoms with Gasteiger partial charge in [0.05, 0.1) is 16.6 Å². The first-order chi connectivity index (χ1) is 17.1. The van der Waals surface area contributed by atoms with Gasteiger partial charge in [0.15, 0.2) is 0 Å². The summed E-state index contributed by atoms with van der Waals surface area (Å²) in [7, 11) is 0. The number of pyridine rings is 1. The molecule has 0 radical (unpaired) electrons. The molecule has 2 bridgehead atoms. The number of fused-ring (bicyclic) bond motifs is 4. The zero-order chi connectivity index (χ0) is 23.5. The van der Waals surface area contributed by atoms with E-state index in [0.717, 1.165) is 77.5 Å². The van der Waals surface area contributed by atoms with Crippen LogP contribution in [-0.2, 0) is 6.42 Å². The summed E-state index contributed by atoms with van der Waals surface area (Å²) in [6.45, 7) is 1.73. The zero-order valence-corrected chi connectivity index (χ0v) is 19.7. The highest BCUT2D eigenvalue weighted by molar-refractivity contribution is 5.97. The molecule has 178 valence electrons. The highest BCUT2D eigenvalue weighted by atomic mass is 19.1. The lowest BCUT2D eigenvalue weighted by Crippen LogP contribution is -2.41. The van der Waals surface area contributed by atoms with Crippen molar-refractivity contribution in [3.05, 3.63) is 71.4 Å². The minimum Gasteiger partial charge on any atom is -0.342 e. The van der Waals surface area contributed by atoms with Crippen LogP contribution in [0.4, 0.5) is 4.39 Å². The number of halogens is 1. The van der Waals surface area contributed by atoms with Crippen LogP contribution in [0.3, 0.4) is 0 Å². The van der Waals surface area contributed by atoms with Gasteiger partial charge in [-0.15, -0.1) is 0 Å². The van der Waals surface area contributed by atoms with Crippen molar-refractivity contribution in [3.8, 4) is 0 Å². The quantitative estimate of drug-likeness (QED) is 0.399. The van der Waals surface area contributed by atoms with Crippen molar-refractivity contribution >= 4 is 27.8 Å². The number of H-pyrrole nitrogens is 1. The molecule has 2 saturated carbocycles. The molecule has 3 heterocycles. The number of carbonyl (C=O) groups excluding carboxylic acids is 1. The van der Waals surface area contributed by atoms with Gasteiger partial charge in [-0.25, -0.2) is 9.37 Å². The van der Waals surface area contributed by atoms with Crippen LogP contribution in [0.1, 0.15) is 59.8 Å². The average Bonchev–Trinajstić information content (AvgIpc) is 3.54. The van der Waals surface area contributed by atoms with Crippen molar-refractivity contribution in [3.63, 3.8) is 0 Å². The van der Waals surface area contributed by atoms with E-state index in [0.29, 0.717) is 11.8 Å². The van der Waals surface area contributed by atoms with Gasteiger partial charge in [-0.3, -0.25) is 9.78 Å². The van der Waals surface area contributed by atoms with E-state index in [1.807, 2.05) is 29.3 Å².